The SMILES string of the molecule is CNc1c(C)oc2ccccc12. The van der Waals surface area contributed by atoms with Gasteiger partial charge in [0, 0.05) is 12.4 Å². The highest BCUT2D eigenvalue weighted by Gasteiger charge is 2.06. The number of benzene rings is 1. The maximum absolute atomic E-state index is 5.53. The van der Waals surface area contributed by atoms with Crippen LogP contribution < -0.4 is 5.32 Å². The van der Waals surface area contributed by atoms with E-state index >= 15 is 0 Å². The lowest BCUT2D eigenvalue weighted by atomic mass is 10.2. The second-order valence-electron chi connectivity index (χ2n) is 2.78. The van der Waals surface area contributed by atoms with Crippen molar-refractivity contribution in [1.29, 1.82) is 0 Å². The molecule has 62 valence electrons. The van der Waals surface area contributed by atoms with Gasteiger partial charge in [-0.15, -0.1) is 0 Å². The van der Waals surface area contributed by atoms with Gasteiger partial charge in [0.2, 0.25) is 0 Å². The molecule has 0 unspecified atom stereocenters. The Hall–Kier alpha value is -1.44. The van der Waals surface area contributed by atoms with E-state index in [0.29, 0.717) is 0 Å². The van der Waals surface area contributed by atoms with Crippen LogP contribution in [0, 0.1) is 6.92 Å². The van der Waals surface area contributed by atoms with Crippen LogP contribution in [0.3, 0.4) is 0 Å². The summed E-state index contributed by atoms with van der Waals surface area (Å²) in [6.07, 6.45) is 0. The van der Waals surface area contributed by atoms with E-state index in [1.54, 1.807) is 0 Å². The van der Waals surface area contributed by atoms with Gasteiger partial charge in [0.25, 0.3) is 0 Å². The van der Waals surface area contributed by atoms with Gasteiger partial charge in [0.15, 0.2) is 0 Å². The monoisotopic (exact) mass is 161 g/mol. The van der Waals surface area contributed by atoms with Crippen molar-refractivity contribution in [3.8, 4) is 0 Å². The summed E-state index contributed by atoms with van der Waals surface area (Å²) in [6.45, 7) is 1.96. The second kappa shape index (κ2) is 2.55. The van der Waals surface area contributed by atoms with Gasteiger partial charge in [0.05, 0.1) is 5.69 Å². The minimum Gasteiger partial charge on any atom is -0.459 e. The maximum Gasteiger partial charge on any atom is 0.136 e. The van der Waals surface area contributed by atoms with Crippen LogP contribution in [-0.2, 0) is 0 Å². The summed E-state index contributed by atoms with van der Waals surface area (Å²) in [5.41, 5.74) is 2.03. The highest BCUT2D eigenvalue weighted by Crippen LogP contribution is 2.29. The molecular formula is C10H11NO. The Kier molecular flexibility index (Phi) is 1.54. The summed E-state index contributed by atoms with van der Waals surface area (Å²) < 4.78 is 5.53. The van der Waals surface area contributed by atoms with E-state index in [0.717, 1.165) is 22.4 Å². The second-order valence-corrected chi connectivity index (χ2v) is 2.78. The Labute approximate surface area is 71.2 Å². The molecular weight excluding hydrogens is 150 g/mol. The molecule has 0 saturated carbocycles. The third-order valence-electron chi connectivity index (χ3n) is 2.02. The van der Waals surface area contributed by atoms with Gasteiger partial charge in [-0.05, 0) is 19.1 Å². The molecule has 0 radical (unpaired) electrons. The van der Waals surface area contributed by atoms with Crippen molar-refractivity contribution in [3.63, 3.8) is 0 Å². The first kappa shape index (κ1) is 7.22. The van der Waals surface area contributed by atoms with Gasteiger partial charge < -0.3 is 9.73 Å². The molecule has 0 saturated heterocycles. The smallest absolute Gasteiger partial charge is 0.136 e. The molecule has 12 heavy (non-hydrogen) atoms. The molecule has 2 rings (SSSR count). The van der Waals surface area contributed by atoms with Crippen LogP contribution in [0.4, 0.5) is 5.69 Å². The average Bonchev–Trinajstić information content (AvgIpc) is 2.40. The molecule has 1 heterocycles. The van der Waals surface area contributed by atoms with Crippen LogP contribution in [0.15, 0.2) is 28.7 Å². The Morgan fingerprint density at radius 3 is 2.75 bits per heavy atom. The predicted molar refractivity (Wildman–Crippen MR) is 50.5 cm³/mol. The number of hydrogen-bond donors (Lipinski definition) is 1. The molecule has 0 amide bonds. The van der Waals surface area contributed by atoms with Crippen LogP contribution >= 0.6 is 0 Å². The third kappa shape index (κ3) is 0.881. The zero-order valence-corrected chi connectivity index (χ0v) is 7.22. The van der Waals surface area contributed by atoms with Gasteiger partial charge in [-0.2, -0.15) is 0 Å². The summed E-state index contributed by atoms with van der Waals surface area (Å²) in [5, 5.41) is 4.27. The first-order valence-corrected chi connectivity index (χ1v) is 3.99. The Morgan fingerprint density at radius 1 is 1.25 bits per heavy atom. The fraction of sp³-hybridized carbons (Fsp3) is 0.200. The first-order chi connectivity index (χ1) is 5.83. The molecule has 2 nitrogen and oxygen atoms in total. The number of fused-ring (bicyclic) bond motifs is 1. The molecule has 0 aliphatic carbocycles. The van der Waals surface area contributed by atoms with Crippen molar-refractivity contribution in [2.75, 3.05) is 12.4 Å². The van der Waals surface area contributed by atoms with Crippen LogP contribution in [0.25, 0.3) is 11.0 Å². The van der Waals surface area contributed by atoms with E-state index in [1.165, 1.54) is 0 Å². The van der Waals surface area contributed by atoms with Crippen molar-refractivity contribution in [2.45, 2.75) is 6.92 Å². The molecule has 2 heteroatoms. The summed E-state index contributed by atoms with van der Waals surface area (Å²) in [6, 6.07) is 8.02. The molecule has 0 aliphatic rings. The summed E-state index contributed by atoms with van der Waals surface area (Å²) in [4.78, 5) is 0. The molecule has 2 aromatic rings. The van der Waals surface area contributed by atoms with E-state index in [1.807, 2.05) is 32.2 Å². The number of para-hydroxylation sites is 1. The topological polar surface area (TPSA) is 25.2 Å². The molecule has 1 aromatic carbocycles. The number of furan rings is 1. The summed E-state index contributed by atoms with van der Waals surface area (Å²) in [5.74, 6) is 0.943. The zero-order valence-electron chi connectivity index (χ0n) is 7.22. The van der Waals surface area contributed by atoms with Crippen LogP contribution in [-0.4, -0.2) is 7.05 Å². The van der Waals surface area contributed by atoms with Crippen molar-refractivity contribution in [3.05, 3.63) is 30.0 Å². The minimum absolute atomic E-state index is 0.943. The van der Waals surface area contributed by atoms with E-state index < -0.39 is 0 Å². The van der Waals surface area contributed by atoms with Crippen LogP contribution in [0.2, 0.25) is 0 Å². The van der Waals surface area contributed by atoms with Gasteiger partial charge in [-0.3, -0.25) is 0 Å². The molecule has 1 N–H and O–H groups in total. The largest absolute Gasteiger partial charge is 0.459 e. The van der Waals surface area contributed by atoms with Crippen molar-refractivity contribution < 1.29 is 4.42 Å². The predicted octanol–water partition coefficient (Wildman–Crippen LogP) is 2.78. The van der Waals surface area contributed by atoms with E-state index in [2.05, 4.69) is 11.4 Å². The number of hydrogen-bond acceptors (Lipinski definition) is 2. The molecule has 0 bridgehead atoms. The first-order valence-electron chi connectivity index (χ1n) is 3.99. The van der Waals surface area contributed by atoms with Crippen LogP contribution in [0.5, 0.6) is 0 Å². The van der Waals surface area contributed by atoms with Gasteiger partial charge in [0.1, 0.15) is 11.3 Å². The van der Waals surface area contributed by atoms with E-state index in [9.17, 15) is 0 Å². The molecule has 0 aliphatic heterocycles. The standard InChI is InChI=1S/C10H11NO/c1-7-10(11-2)8-5-3-4-6-9(8)12-7/h3-6,11H,1-2H3. The average molecular weight is 161 g/mol. The Balaban J connectivity index is 2.81. The van der Waals surface area contributed by atoms with Crippen molar-refractivity contribution in [1.82, 2.24) is 0 Å². The Morgan fingerprint density at radius 2 is 2.00 bits per heavy atom. The molecule has 1 aromatic heterocycles. The van der Waals surface area contributed by atoms with Gasteiger partial charge in [-0.1, -0.05) is 12.1 Å². The normalized spacial score (nSPS) is 10.5. The van der Waals surface area contributed by atoms with Gasteiger partial charge in [-0.25, -0.2) is 0 Å². The molecule has 0 atom stereocenters. The fourth-order valence-electron chi connectivity index (χ4n) is 1.48. The van der Waals surface area contributed by atoms with Crippen molar-refractivity contribution in [2.24, 2.45) is 0 Å². The van der Waals surface area contributed by atoms with Gasteiger partial charge >= 0.3 is 0 Å². The summed E-state index contributed by atoms with van der Waals surface area (Å²) >= 11 is 0. The zero-order chi connectivity index (χ0) is 8.55. The third-order valence-corrected chi connectivity index (χ3v) is 2.02. The van der Waals surface area contributed by atoms with Crippen molar-refractivity contribution >= 4 is 16.7 Å². The summed E-state index contributed by atoms with van der Waals surface area (Å²) in [7, 11) is 1.91. The fourth-order valence-corrected chi connectivity index (χ4v) is 1.48. The minimum atomic E-state index is 0.943. The lowest BCUT2D eigenvalue weighted by molar-refractivity contribution is 0.580. The maximum atomic E-state index is 5.53. The quantitative estimate of drug-likeness (QED) is 0.695. The number of aryl methyl sites for hydroxylation is 1. The number of anilines is 1. The number of nitrogens with one attached hydrogen (secondary N) is 1. The van der Waals surface area contributed by atoms with E-state index in [-0.39, 0.29) is 0 Å². The molecule has 0 fully saturated rings. The van der Waals surface area contributed by atoms with Crippen LogP contribution in [0.1, 0.15) is 5.76 Å². The lowest BCUT2D eigenvalue weighted by Gasteiger charge is -1.95. The van der Waals surface area contributed by atoms with E-state index in [4.69, 9.17) is 4.42 Å². The molecule has 0 spiro atoms. The Bertz CT molecular complexity index is 403. The highest BCUT2D eigenvalue weighted by molar-refractivity contribution is 5.92. The lowest BCUT2D eigenvalue weighted by Crippen LogP contribution is -1.87. The number of rotatable bonds is 1. The highest BCUT2D eigenvalue weighted by atomic mass is 16.3.